The summed E-state index contributed by atoms with van der Waals surface area (Å²) in [5, 5.41) is 20.8. The highest BCUT2D eigenvalue weighted by molar-refractivity contribution is 6.05. The van der Waals surface area contributed by atoms with Crippen LogP contribution in [0.25, 0.3) is 0 Å². The molecule has 152 valence electrons. The maximum Gasteiger partial charge on any atom is 0.346 e. The third-order valence-corrected chi connectivity index (χ3v) is 4.82. The first-order valence-electron chi connectivity index (χ1n) is 9.21. The third kappa shape index (κ3) is 4.35. The smallest absolute Gasteiger partial charge is 0.346 e. The minimum atomic E-state index is -1.45. The summed E-state index contributed by atoms with van der Waals surface area (Å²) in [5.41, 5.74) is -0.0681. The number of esters is 1. The molecule has 3 rings (SSSR count). The van der Waals surface area contributed by atoms with E-state index >= 15 is 0 Å². The van der Waals surface area contributed by atoms with Gasteiger partial charge in [0.25, 0.3) is 5.69 Å². The first-order chi connectivity index (χ1) is 14.4. The Bertz CT molecular complexity index is 1030. The molecule has 0 amide bonds. The highest BCUT2D eigenvalue weighted by atomic mass is 16.6. The highest BCUT2D eigenvalue weighted by Crippen LogP contribution is 2.35. The number of aromatic carboxylic acids is 1. The Morgan fingerprint density at radius 2 is 1.47 bits per heavy atom. The SMILES string of the molecule is C[C@H](c1ccccc1)[C@H](OC(=O)c1c(C(=O)O)cccc1[N+](=O)[O-])c1ccccc1. The lowest BCUT2D eigenvalue weighted by atomic mass is 9.90. The Morgan fingerprint density at radius 1 is 0.900 bits per heavy atom. The van der Waals surface area contributed by atoms with Gasteiger partial charge in [0.2, 0.25) is 0 Å². The van der Waals surface area contributed by atoms with Crippen LogP contribution in [-0.4, -0.2) is 22.0 Å². The van der Waals surface area contributed by atoms with Gasteiger partial charge in [-0.05, 0) is 17.2 Å². The minimum absolute atomic E-state index is 0.284. The van der Waals surface area contributed by atoms with Crippen molar-refractivity contribution in [1.82, 2.24) is 0 Å². The molecule has 0 saturated heterocycles. The van der Waals surface area contributed by atoms with Crippen LogP contribution >= 0.6 is 0 Å². The van der Waals surface area contributed by atoms with Crippen LogP contribution in [0.4, 0.5) is 5.69 Å². The molecule has 0 unspecified atom stereocenters. The highest BCUT2D eigenvalue weighted by Gasteiger charge is 2.32. The number of nitrogens with zero attached hydrogens (tertiary/aromatic N) is 1. The average Bonchev–Trinajstić information content (AvgIpc) is 2.77. The van der Waals surface area contributed by atoms with Crippen LogP contribution < -0.4 is 0 Å². The number of nitro groups is 1. The van der Waals surface area contributed by atoms with Gasteiger partial charge in [0.15, 0.2) is 5.56 Å². The molecular formula is C23H19NO6. The summed E-state index contributed by atoms with van der Waals surface area (Å²) in [7, 11) is 0. The fourth-order valence-electron chi connectivity index (χ4n) is 3.29. The Kier molecular flexibility index (Phi) is 6.22. The number of hydrogen-bond donors (Lipinski definition) is 1. The quantitative estimate of drug-likeness (QED) is 0.337. The van der Waals surface area contributed by atoms with E-state index in [1.807, 2.05) is 43.3 Å². The Labute approximate surface area is 172 Å². The molecule has 30 heavy (non-hydrogen) atoms. The van der Waals surface area contributed by atoms with Gasteiger partial charge < -0.3 is 9.84 Å². The summed E-state index contributed by atoms with van der Waals surface area (Å²) in [6.45, 7) is 1.87. The molecule has 0 bridgehead atoms. The van der Waals surface area contributed by atoms with Gasteiger partial charge in [0, 0.05) is 12.0 Å². The zero-order chi connectivity index (χ0) is 21.7. The van der Waals surface area contributed by atoms with E-state index in [0.717, 1.165) is 17.7 Å². The number of hydrogen-bond acceptors (Lipinski definition) is 5. The van der Waals surface area contributed by atoms with Crippen molar-refractivity contribution < 1.29 is 24.4 Å². The van der Waals surface area contributed by atoms with Gasteiger partial charge in [-0.2, -0.15) is 0 Å². The van der Waals surface area contributed by atoms with Gasteiger partial charge >= 0.3 is 11.9 Å². The van der Waals surface area contributed by atoms with Gasteiger partial charge in [0.05, 0.1) is 10.5 Å². The van der Waals surface area contributed by atoms with Crippen molar-refractivity contribution in [2.24, 2.45) is 0 Å². The summed E-state index contributed by atoms with van der Waals surface area (Å²) < 4.78 is 5.71. The van der Waals surface area contributed by atoms with E-state index in [1.165, 1.54) is 6.07 Å². The van der Waals surface area contributed by atoms with Crippen molar-refractivity contribution in [3.63, 3.8) is 0 Å². The maximum absolute atomic E-state index is 13.0. The monoisotopic (exact) mass is 405 g/mol. The molecule has 0 aromatic heterocycles. The number of ether oxygens (including phenoxy) is 1. The fraction of sp³-hybridized carbons (Fsp3) is 0.130. The van der Waals surface area contributed by atoms with Crippen molar-refractivity contribution >= 4 is 17.6 Å². The maximum atomic E-state index is 13.0. The van der Waals surface area contributed by atoms with Crippen LogP contribution in [0.15, 0.2) is 78.9 Å². The number of rotatable bonds is 7. The number of carbonyl (C=O) groups is 2. The Morgan fingerprint density at radius 3 is 2.00 bits per heavy atom. The Hall–Kier alpha value is -4.00. The number of carbonyl (C=O) groups excluding carboxylic acids is 1. The van der Waals surface area contributed by atoms with Crippen molar-refractivity contribution in [2.75, 3.05) is 0 Å². The average molecular weight is 405 g/mol. The summed E-state index contributed by atoms with van der Waals surface area (Å²) in [6.07, 6.45) is -0.775. The van der Waals surface area contributed by atoms with Crippen LogP contribution in [0, 0.1) is 10.1 Å². The molecule has 0 aliphatic heterocycles. The molecule has 2 atom stereocenters. The van der Waals surface area contributed by atoms with Crippen LogP contribution in [0.1, 0.15) is 50.8 Å². The molecule has 0 radical (unpaired) electrons. The van der Waals surface area contributed by atoms with Gasteiger partial charge in [0.1, 0.15) is 6.10 Å². The topological polar surface area (TPSA) is 107 Å². The number of carboxylic acids is 1. The van der Waals surface area contributed by atoms with Gasteiger partial charge in [-0.25, -0.2) is 9.59 Å². The van der Waals surface area contributed by atoms with Crippen molar-refractivity contribution in [3.05, 3.63) is 111 Å². The predicted octanol–water partition coefficient (Wildman–Crippen LogP) is 4.99. The lowest BCUT2D eigenvalue weighted by Gasteiger charge is -2.25. The normalized spacial score (nSPS) is 12.6. The molecule has 0 heterocycles. The van der Waals surface area contributed by atoms with Crippen LogP contribution in [0.3, 0.4) is 0 Å². The molecule has 0 saturated carbocycles. The first kappa shape index (κ1) is 20.7. The molecule has 0 aliphatic carbocycles. The molecular weight excluding hydrogens is 386 g/mol. The van der Waals surface area contributed by atoms with Gasteiger partial charge in [-0.15, -0.1) is 0 Å². The molecule has 0 spiro atoms. The molecule has 7 nitrogen and oxygen atoms in total. The molecule has 3 aromatic rings. The second-order valence-electron chi connectivity index (χ2n) is 6.70. The first-order valence-corrected chi connectivity index (χ1v) is 9.21. The lowest BCUT2D eigenvalue weighted by molar-refractivity contribution is -0.385. The second kappa shape index (κ2) is 9.00. The second-order valence-corrected chi connectivity index (χ2v) is 6.70. The molecule has 3 aromatic carbocycles. The van der Waals surface area contributed by atoms with E-state index in [9.17, 15) is 24.8 Å². The fourth-order valence-corrected chi connectivity index (χ4v) is 3.29. The van der Waals surface area contributed by atoms with E-state index in [1.54, 1.807) is 24.3 Å². The van der Waals surface area contributed by atoms with Crippen LogP contribution in [-0.2, 0) is 4.74 Å². The number of benzene rings is 3. The lowest BCUT2D eigenvalue weighted by Crippen LogP contribution is -2.20. The van der Waals surface area contributed by atoms with Crippen molar-refractivity contribution in [2.45, 2.75) is 18.9 Å². The third-order valence-electron chi connectivity index (χ3n) is 4.82. The van der Waals surface area contributed by atoms with Crippen LogP contribution in [0.5, 0.6) is 0 Å². The van der Waals surface area contributed by atoms with E-state index in [2.05, 4.69) is 0 Å². The molecule has 0 fully saturated rings. The van der Waals surface area contributed by atoms with Crippen LogP contribution in [0.2, 0.25) is 0 Å². The molecule has 1 N–H and O–H groups in total. The van der Waals surface area contributed by atoms with Crippen molar-refractivity contribution in [1.29, 1.82) is 0 Å². The number of nitro benzene ring substituents is 1. The molecule has 7 heteroatoms. The van der Waals surface area contributed by atoms with E-state index in [0.29, 0.717) is 5.56 Å². The van der Waals surface area contributed by atoms with E-state index in [4.69, 9.17) is 4.74 Å². The molecule has 0 aliphatic rings. The van der Waals surface area contributed by atoms with Gasteiger partial charge in [-0.3, -0.25) is 10.1 Å². The van der Waals surface area contributed by atoms with Gasteiger partial charge in [-0.1, -0.05) is 73.7 Å². The summed E-state index contributed by atoms with van der Waals surface area (Å²) >= 11 is 0. The van der Waals surface area contributed by atoms with Crippen molar-refractivity contribution in [3.8, 4) is 0 Å². The standard InChI is InChI=1S/C23H19NO6/c1-15(16-9-4-2-5-10-16)21(17-11-6-3-7-12-17)30-23(27)20-18(22(25)26)13-8-14-19(20)24(28)29/h2-15,21H,1H3,(H,25,26)/t15-,21+/m1/s1. The Balaban J connectivity index is 2.05. The largest absolute Gasteiger partial charge is 0.478 e. The van der Waals surface area contributed by atoms with E-state index < -0.39 is 39.8 Å². The predicted molar refractivity (Wildman–Crippen MR) is 110 cm³/mol. The summed E-state index contributed by atoms with van der Waals surface area (Å²) in [6, 6.07) is 21.8. The minimum Gasteiger partial charge on any atom is -0.478 e. The van der Waals surface area contributed by atoms with E-state index in [-0.39, 0.29) is 5.92 Å². The summed E-state index contributed by atoms with van der Waals surface area (Å²) in [4.78, 5) is 35.2. The zero-order valence-corrected chi connectivity index (χ0v) is 16.1. The summed E-state index contributed by atoms with van der Waals surface area (Å²) in [5.74, 6) is -2.79. The number of carboxylic acid groups (broad SMARTS) is 1. The zero-order valence-electron chi connectivity index (χ0n) is 16.1.